The van der Waals surface area contributed by atoms with Crippen LogP contribution in [0, 0.1) is 0 Å². The van der Waals surface area contributed by atoms with Gasteiger partial charge < -0.3 is 20.0 Å². The molecular weight excluding hydrogens is 251 g/mol. The summed E-state index contributed by atoms with van der Waals surface area (Å²) in [5.74, 6) is -2.67. The Morgan fingerprint density at radius 1 is 1.12 bits per heavy atom. The lowest BCUT2D eigenvalue weighted by molar-refractivity contribution is 0.0680. The molecule has 17 heavy (non-hydrogen) atoms. The molecule has 0 aliphatic rings. The summed E-state index contributed by atoms with van der Waals surface area (Å²) in [5, 5.41) is 17.5. The fourth-order valence-electron chi connectivity index (χ4n) is 1.29. The predicted molar refractivity (Wildman–Crippen MR) is 56.1 cm³/mol. The maximum absolute atomic E-state index is 10.8. The molecule has 0 fully saturated rings. The van der Waals surface area contributed by atoms with Crippen LogP contribution in [0.3, 0.4) is 0 Å². The van der Waals surface area contributed by atoms with Crippen LogP contribution < -0.4 is 0 Å². The lowest BCUT2D eigenvalue weighted by Gasteiger charge is -2.08. The summed E-state index contributed by atoms with van der Waals surface area (Å²) in [4.78, 5) is 39.0. The lowest BCUT2D eigenvalue weighted by atomic mass is 10.1. The fourth-order valence-corrected chi connectivity index (χ4v) is 1.99. The summed E-state index contributed by atoms with van der Waals surface area (Å²) >= 11 is 0. The van der Waals surface area contributed by atoms with E-state index < -0.39 is 25.7 Å². The van der Waals surface area contributed by atoms with E-state index in [1.807, 2.05) is 0 Å². The standard InChI is InChI=1S/C9H9O7P/c10-8(11)5-1-2-7(9(12)13)6(3-5)4-17(14,15)16/h1-3H,4H2,(H,10,11)(H,12,13)(H2,14,15,16). The van der Waals surface area contributed by atoms with E-state index in [0.717, 1.165) is 18.2 Å². The summed E-state index contributed by atoms with van der Waals surface area (Å²) in [6, 6.07) is 3.02. The number of hydrogen-bond acceptors (Lipinski definition) is 3. The van der Waals surface area contributed by atoms with Crippen molar-refractivity contribution in [2.24, 2.45) is 0 Å². The average molecular weight is 260 g/mol. The Hall–Kier alpha value is -1.69. The first kappa shape index (κ1) is 13.4. The van der Waals surface area contributed by atoms with E-state index in [1.54, 1.807) is 0 Å². The zero-order valence-corrected chi connectivity index (χ0v) is 9.29. The van der Waals surface area contributed by atoms with Crippen molar-refractivity contribution in [1.82, 2.24) is 0 Å². The second kappa shape index (κ2) is 4.67. The van der Waals surface area contributed by atoms with Gasteiger partial charge in [-0.1, -0.05) is 0 Å². The lowest BCUT2D eigenvalue weighted by Crippen LogP contribution is -2.06. The molecule has 0 amide bonds. The SMILES string of the molecule is O=C(O)c1ccc(C(=O)O)c(CP(=O)(O)O)c1. The highest BCUT2D eigenvalue weighted by atomic mass is 31.2. The van der Waals surface area contributed by atoms with Gasteiger partial charge >= 0.3 is 19.5 Å². The first-order valence-corrected chi connectivity index (χ1v) is 6.14. The topological polar surface area (TPSA) is 132 Å². The third-order valence-electron chi connectivity index (χ3n) is 1.96. The normalized spacial score (nSPS) is 11.2. The second-order valence-electron chi connectivity index (χ2n) is 3.31. The molecule has 1 aromatic carbocycles. The average Bonchev–Trinajstić information content (AvgIpc) is 2.14. The number of hydrogen-bond donors (Lipinski definition) is 4. The van der Waals surface area contributed by atoms with E-state index in [4.69, 9.17) is 20.0 Å². The Kier molecular flexibility index (Phi) is 3.67. The van der Waals surface area contributed by atoms with E-state index in [0.29, 0.717) is 0 Å². The minimum Gasteiger partial charge on any atom is -0.478 e. The Labute approximate surface area is 95.5 Å². The predicted octanol–water partition coefficient (Wildman–Crippen LogP) is 0.761. The second-order valence-corrected chi connectivity index (χ2v) is 4.95. The molecule has 0 saturated carbocycles. The number of benzene rings is 1. The van der Waals surface area contributed by atoms with Crippen molar-refractivity contribution in [3.05, 3.63) is 34.9 Å². The molecule has 0 aromatic heterocycles. The molecule has 1 rings (SSSR count). The minimum absolute atomic E-state index is 0.203. The van der Waals surface area contributed by atoms with Crippen molar-refractivity contribution < 1.29 is 34.2 Å². The number of carboxylic acid groups (broad SMARTS) is 2. The maximum atomic E-state index is 10.8. The van der Waals surface area contributed by atoms with Crippen LogP contribution in [0.15, 0.2) is 18.2 Å². The highest BCUT2D eigenvalue weighted by molar-refractivity contribution is 7.50. The van der Waals surface area contributed by atoms with Gasteiger partial charge in [0.05, 0.1) is 17.3 Å². The Morgan fingerprint density at radius 2 is 1.71 bits per heavy atom. The van der Waals surface area contributed by atoms with Crippen molar-refractivity contribution >= 4 is 19.5 Å². The van der Waals surface area contributed by atoms with Crippen LogP contribution in [0.25, 0.3) is 0 Å². The summed E-state index contributed by atoms with van der Waals surface area (Å²) in [6.07, 6.45) is -0.810. The third-order valence-corrected chi connectivity index (χ3v) is 2.71. The van der Waals surface area contributed by atoms with E-state index >= 15 is 0 Å². The Balaban J connectivity index is 3.30. The van der Waals surface area contributed by atoms with Gasteiger partial charge in [-0.3, -0.25) is 4.57 Å². The van der Waals surface area contributed by atoms with Crippen molar-refractivity contribution in [1.29, 1.82) is 0 Å². The molecule has 0 atom stereocenters. The van der Waals surface area contributed by atoms with Crippen LogP contribution >= 0.6 is 7.60 Å². The highest BCUT2D eigenvalue weighted by Gasteiger charge is 2.21. The van der Waals surface area contributed by atoms with Gasteiger partial charge in [0.25, 0.3) is 0 Å². The zero-order valence-electron chi connectivity index (χ0n) is 8.40. The highest BCUT2D eigenvalue weighted by Crippen LogP contribution is 2.40. The minimum atomic E-state index is -4.46. The molecule has 0 aliphatic heterocycles. The van der Waals surface area contributed by atoms with Crippen molar-refractivity contribution in [2.45, 2.75) is 6.16 Å². The number of carboxylic acids is 2. The molecule has 0 heterocycles. The van der Waals surface area contributed by atoms with E-state index in [1.165, 1.54) is 0 Å². The molecule has 0 spiro atoms. The summed E-state index contributed by atoms with van der Waals surface area (Å²) in [5.41, 5.74) is -0.748. The summed E-state index contributed by atoms with van der Waals surface area (Å²) in [7, 11) is -4.46. The van der Waals surface area contributed by atoms with E-state index in [9.17, 15) is 14.2 Å². The molecular formula is C9H9O7P. The quantitative estimate of drug-likeness (QED) is 0.587. The monoisotopic (exact) mass is 260 g/mol. The fraction of sp³-hybridized carbons (Fsp3) is 0.111. The molecule has 8 heteroatoms. The van der Waals surface area contributed by atoms with Gasteiger partial charge in [0, 0.05) is 0 Å². The molecule has 0 aliphatic carbocycles. The van der Waals surface area contributed by atoms with Crippen molar-refractivity contribution in [3.8, 4) is 0 Å². The molecule has 4 N–H and O–H groups in total. The number of rotatable bonds is 4. The van der Waals surface area contributed by atoms with Crippen LogP contribution in [0.4, 0.5) is 0 Å². The molecule has 1 aromatic rings. The van der Waals surface area contributed by atoms with Crippen LogP contribution in [-0.4, -0.2) is 31.9 Å². The Morgan fingerprint density at radius 3 is 2.12 bits per heavy atom. The van der Waals surface area contributed by atoms with Crippen LogP contribution in [0.2, 0.25) is 0 Å². The molecule has 0 saturated heterocycles. The number of carbonyl (C=O) groups is 2. The van der Waals surface area contributed by atoms with Crippen LogP contribution in [-0.2, 0) is 10.7 Å². The van der Waals surface area contributed by atoms with Crippen molar-refractivity contribution in [3.63, 3.8) is 0 Å². The molecule has 0 radical (unpaired) electrons. The van der Waals surface area contributed by atoms with Gasteiger partial charge in [-0.05, 0) is 23.8 Å². The number of aromatic carboxylic acids is 2. The van der Waals surface area contributed by atoms with Crippen LogP contribution in [0.5, 0.6) is 0 Å². The van der Waals surface area contributed by atoms with Gasteiger partial charge in [0.15, 0.2) is 0 Å². The first-order chi connectivity index (χ1) is 7.70. The smallest absolute Gasteiger partial charge is 0.335 e. The molecule has 0 bridgehead atoms. The van der Waals surface area contributed by atoms with E-state index in [2.05, 4.69) is 0 Å². The van der Waals surface area contributed by atoms with Crippen LogP contribution in [0.1, 0.15) is 26.3 Å². The third kappa shape index (κ3) is 3.67. The maximum Gasteiger partial charge on any atom is 0.335 e. The molecule has 7 nitrogen and oxygen atoms in total. The molecule has 92 valence electrons. The largest absolute Gasteiger partial charge is 0.478 e. The first-order valence-electron chi connectivity index (χ1n) is 4.35. The molecule has 0 unspecified atom stereocenters. The zero-order chi connectivity index (χ0) is 13.2. The summed E-state index contributed by atoms with van der Waals surface area (Å²) < 4.78 is 10.8. The van der Waals surface area contributed by atoms with Gasteiger partial charge in [0.1, 0.15) is 0 Å². The van der Waals surface area contributed by atoms with Gasteiger partial charge in [-0.15, -0.1) is 0 Å². The summed E-state index contributed by atoms with van der Waals surface area (Å²) in [6.45, 7) is 0. The van der Waals surface area contributed by atoms with E-state index in [-0.39, 0.29) is 16.7 Å². The van der Waals surface area contributed by atoms with Crippen molar-refractivity contribution in [2.75, 3.05) is 0 Å². The van der Waals surface area contributed by atoms with Gasteiger partial charge in [0.2, 0.25) is 0 Å². The Bertz CT molecular complexity index is 516. The van der Waals surface area contributed by atoms with Gasteiger partial charge in [-0.2, -0.15) is 0 Å². The van der Waals surface area contributed by atoms with Gasteiger partial charge in [-0.25, -0.2) is 9.59 Å².